The average molecular weight is 323 g/mol. The monoisotopic (exact) mass is 323 g/mol. The van der Waals surface area contributed by atoms with E-state index in [1.807, 2.05) is 6.19 Å². The van der Waals surface area contributed by atoms with Crippen LogP contribution in [0.4, 0.5) is 11.4 Å². The van der Waals surface area contributed by atoms with E-state index in [9.17, 15) is 14.9 Å². The number of nitrogens with zero attached hydrogens (tertiary/aromatic N) is 2. The lowest BCUT2D eigenvalue weighted by atomic mass is 10.1. The number of ketones is 1. The Balaban J connectivity index is 2.05. The van der Waals surface area contributed by atoms with Gasteiger partial charge in [-0.2, -0.15) is 5.26 Å². The van der Waals surface area contributed by atoms with Crippen LogP contribution in [0.25, 0.3) is 0 Å². The second-order valence-corrected chi connectivity index (χ2v) is 5.07. The van der Waals surface area contributed by atoms with Crippen LogP contribution in [0.3, 0.4) is 0 Å². The minimum atomic E-state index is -0.354. The minimum Gasteiger partial charge on any atom is -0.497 e. The minimum absolute atomic E-state index is 0.0806. The molecule has 6 heteroatoms. The molecule has 0 saturated carbocycles. The van der Waals surface area contributed by atoms with Crippen molar-refractivity contribution in [2.45, 2.75) is 6.92 Å². The highest BCUT2D eigenvalue weighted by molar-refractivity contribution is 5.98. The predicted molar refractivity (Wildman–Crippen MR) is 91.0 cm³/mol. The van der Waals surface area contributed by atoms with E-state index in [-0.39, 0.29) is 18.2 Å². The molecule has 0 fully saturated rings. The van der Waals surface area contributed by atoms with E-state index >= 15 is 0 Å². The lowest BCUT2D eigenvalue weighted by Crippen LogP contribution is -2.29. The van der Waals surface area contributed by atoms with Gasteiger partial charge in [-0.15, -0.1) is 0 Å². The fraction of sp³-hybridized carbons (Fsp3) is 0.167. The zero-order chi connectivity index (χ0) is 17.5. The van der Waals surface area contributed by atoms with Gasteiger partial charge in [0.15, 0.2) is 12.0 Å². The number of hydrogen-bond donors (Lipinski definition) is 1. The molecule has 0 aliphatic heterocycles. The van der Waals surface area contributed by atoms with Gasteiger partial charge >= 0.3 is 0 Å². The molecule has 0 aromatic heterocycles. The number of amides is 1. The first-order valence-corrected chi connectivity index (χ1v) is 7.25. The van der Waals surface area contributed by atoms with Crippen LogP contribution < -0.4 is 15.0 Å². The van der Waals surface area contributed by atoms with Crippen molar-refractivity contribution in [2.75, 3.05) is 23.9 Å². The molecule has 0 atom stereocenters. The smallest absolute Gasteiger partial charge is 0.245 e. The molecule has 0 aliphatic carbocycles. The van der Waals surface area contributed by atoms with Gasteiger partial charge in [-0.1, -0.05) is 12.1 Å². The van der Waals surface area contributed by atoms with E-state index in [4.69, 9.17) is 4.74 Å². The second kappa shape index (κ2) is 7.79. The summed E-state index contributed by atoms with van der Waals surface area (Å²) in [6.07, 6.45) is 1.98. The van der Waals surface area contributed by atoms with E-state index in [2.05, 4.69) is 5.32 Å². The van der Waals surface area contributed by atoms with Crippen LogP contribution in [-0.4, -0.2) is 25.3 Å². The first-order valence-electron chi connectivity index (χ1n) is 7.25. The number of ether oxygens (including phenoxy) is 1. The molecular formula is C18H17N3O3. The number of benzene rings is 2. The number of nitriles is 1. The Labute approximate surface area is 140 Å². The van der Waals surface area contributed by atoms with Crippen LogP contribution in [0.5, 0.6) is 5.75 Å². The maximum Gasteiger partial charge on any atom is 0.245 e. The van der Waals surface area contributed by atoms with Gasteiger partial charge in [0.2, 0.25) is 5.91 Å². The highest BCUT2D eigenvalue weighted by atomic mass is 16.5. The summed E-state index contributed by atoms with van der Waals surface area (Å²) in [4.78, 5) is 24.8. The summed E-state index contributed by atoms with van der Waals surface area (Å²) in [6.45, 7) is 1.33. The van der Waals surface area contributed by atoms with Crippen molar-refractivity contribution in [3.05, 3.63) is 54.1 Å². The molecule has 1 N–H and O–H groups in total. The van der Waals surface area contributed by atoms with E-state index in [1.54, 1.807) is 55.6 Å². The molecule has 1 amide bonds. The molecule has 0 bridgehead atoms. The third-order valence-corrected chi connectivity index (χ3v) is 3.36. The van der Waals surface area contributed by atoms with Crippen LogP contribution in [0.1, 0.15) is 17.3 Å². The Morgan fingerprint density at radius 2 is 1.92 bits per heavy atom. The lowest BCUT2D eigenvalue weighted by Gasteiger charge is -2.16. The molecule has 0 unspecified atom stereocenters. The number of anilines is 2. The third-order valence-electron chi connectivity index (χ3n) is 3.36. The summed E-state index contributed by atoms with van der Waals surface area (Å²) in [5.74, 6) is 0.234. The molecule has 24 heavy (non-hydrogen) atoms. The van der Waals surface area contributed by atoms with E-state index in [0.717, 1.165) is 0 Å². The molecule has 122 valence electrons. The van der Waals surface area contributed by atoms with Crippen molar-refractivity contribution in [3.8, 4) is 11.9 Å². The standard InChI is InChI=1S/C18H17N3O3/c1-13(22)14-4-3-5-15(10-14)20-18(23)11-21(12-19)16-6-8-17(24-2)9-7-16/h3-10H,11H2,1-2H3,(H,20,23). The maximum absolute atomic E-state index is 12.1. The van der Waals surface area contributed by atoms with Gasteiger partial charge in [0.1, 0.15) is 12.3 Å². The fourth-order valence-electron chi connectivity index (χ4n) is 2.11. The summed E-state index contributed by atoms with van der Waals surface area (Å²) >= 11 is 0. The van der Waals surface area contributed by atoms with Crippen LogP contribution in [0, 0.1) is 11.5 Å². The van der Waals surface area contributed by atoms with Crippen molar-refractivity contribution >= 4 is 23.1 Å². The molecule has 2 rings (SSSR count). The summed E-state index contributed by atoms with van der Waals surface area (Å²) in [7, 11) is 1.56. The number of nitrogens with one attached hydrogen (secondary N) is 1. The first-order chi connectivity index (χ1) is 11.5. The van der Waals surface area contributed by atoms with Crippen molar-refractivity contribution in [1.29, 1.82) is 5.26 Å². The summed E-state index contributed by atoms with van der Waals surface area (Å²) in [5.41, 5.74) is 1.62. The molecule has 2 aromatic rings. The van der Waals surface area contributed by atoms with E-state index in [1.165, 1.54) is 11.8 Å². The zero-order valence-electron chi connectivity index (χ0n) is 13.4. The molecule has 0 spiro atoms. The molecular weight excluding hydrogens is 306 g/mol. The van der Waals surface area contributed by atoms with Crippen molar-refractivity contribution < 1.29 is 14.3 Å². The Morgan fingerprint density at radius 3 is 2.50 bits per heavy atom. The lowest BCUT2D eigenvalue weighted by molar-refractivity contribution is -0.114. The number of carbonyl (C=O) groups excluding carboxylic acids is 2. The first kappa shape index (κ1) is 17.0. The van der Waals surface area contributed by atoms with Crippen molar-refractivity contribution in [1.82, 2.24) is 0 Å². The fourth-order valence-corrected chi connectivity index (χ4v) is 2.11. The number of hydrogen-bond acceptors (Lipinski definition) is 5. The van der Waals surface area contributed by atoms with Gasteiger partial charge in [-0.25, -0.2) is 0 Å². The van der Waals surface area contributed by atoms with Crippen molar-refractivity contribution in [2.24, 2.45) is 0 Å². The second-order valence-electron chi connectivity index (χ2n) is 5.07. The Hall–Kier alpha value is -3.33. The normalized spacial score (nSPS) is 9.71. The van der Waals surface area contributed by atoms with Crippen LogP contribution in [-0.2, 0) is 4.79 Å². The molecule has 0 heterocycles. The summed E-state index contributed by atoms with van der Waals surface area (Å²) < 4.78 is 5.06. The van der Waals surface area contributed by atoms with Crippen molar-refractivity contribution in [3.63, 3.8) is 0 Å². The summed E-state index contributed by atoms with van der Waals surface area (Å²) in [6, 6.07) is 13.5. The Bertz CT molecular complexity index is 779. The van der Waals surface area contributed by atoms with Gasteiger partial charge in [0.25, 0.3) is 0 Å². The van der Waals surface area contributed by atoms with E-state index < -0.39 is 0 Å². The SMILES string of the molecule is COc1ccc(N(C#N)CC(=O)Nc2cccc(C(C)=O)c2)cc1. The Kier molecular flexibility index (Phi) is 5.53. The number of methoxy groups -OCH3 is 1. The van der Waals surface area contributed by atoms with Gasteiger partial charge in [0.05, 0.1) is 12.8 Å². The average Bonchev–Trinajstić information content (AvgIpc) is 2.60. The topological polar surface area (TPSA) is 82.4 Å². The predicted octanol–water partition coefficient (Wildman–Crippen LogP) is 2.82. The zero-order valence-corrected chi connectivity index (χ0v) is 13.4. The third kappa shape index (κ3) is 4.34. The Morgan fingerprint density at radius 1 is 1.21 bits per heavy atom. The van der Waals surface area contributed by atoms with Gasteiger partial charge in [-0.05, 0) is 43.3 Å². The molecule has 6 nitrogen and oxygen atoms in total. The molecule has 0 saturated heterocycles. The van der Waals surface area contributed by atoms with Gasteiger partial charge in [0, 0.05) is 11.3 Å². The van der Waals surface area contributed by atoms with Crippen LogP contribution in [0.15, 0.2) is 48.5 Å². The maximum atomic E-state index is 12.1. The summed E-state index contributed by atoms with van der Waals surface area (Å²) in [5, 5.41) is 11.9. The number of Topliss-reactive ketones (excluding diaryl/α,β-unsaturated/α-hetero) is 1. The van der Waals surface area contributed by atoms with Crippen LogP contribution >= 0.6 is 0 Å². The van der Waals surface area contributed by atoms with Crippen LogP contribution in [0.2, 0.25) is 0 Å². The van der Waals surface area contributed by atoms with Gasteiger partial charge < -0.3 is 10.1 Å². The molecule has 0 aliphatic rings. The highest BCUT2D eigenvalue weighted by Crippen LogP contribution is 2.19. The van der Waals surface area contributed by atoms with Gasteiger partial charge in [-0.3, -0.25) is 14.5 Å². The van der Waals surface area contributed by atoms with E-state index in [0.29, 0.717) is 22.7 Å². The number of carbonyl (C=O) groups is 2. The highest BCUT2D eigenvalue weighted by Gasteiger charge is 2.12. The quantitative estimate of drug-likeness (QED) is 0.502. The largest absolute Gasteiger partial charge is 0.497 e. The number of rotatable bonds is 6. The molecule has 2 aromatic carbocycles. The molecule has 0 radical (unpaired) electrons.